The lowest BCUT2D eigenvalue weighted by Gasteiger charge is -2.11. The van der Waals surface area contributed by atoms with Gasteiger partial charge in [-0.2, -0.15) is 11.8 Å². The van der Waals surface area contributed by atoms with Crippen LogP contribution in [0.2, 0.25) is 0 Å². The average Bonchev–Trinajstić information content (AvgIpc) is 2.23. The van der Waals surface area contributed by atoms with Crippen molar-refractivity contribution in [2.24, 2.45) is 0 Å². The normalized spacial score (nSPS) is 12.5. The van der Waals surface area contributed by atoms with E-state index in [0.29, 0.717) is 6.61 Å². The van der Waals surface area contributed by atoms with Gasteiger partial charge < -0.3 is 15.2 Å². The summed E-state index contributed by atoms with van der Waals surface area (Å²) in [5, 5.41) is 11.6. The predicted octanol–water partition coefficient (Wildman–Crippen LogP) is 0.643. The van der Waals surface area contributed by atoms with Crippen LogP contribution in [-0.2, 0) is 9.53 Å². The quantitative estimate of drug-likeness (QED) is 0.454. The van der Waals surface area contributed by atoms with Crippen LogP contribution >= 0.6 is 11.8 Å². The number of rotatable bonds is 9. The molecule has 0 bridgehead atoms. The minimum absolute atomic E-state index is 0.196. The van der Waals surface area contributed by atoms with Crippen LogP contribution in [0.5, 0.6) is 0 Å². The summed E-state index contributed by atoms with van der Waals surface area (Å²) in [5.74, 6) is 1.72. The van der Waals surface area contributed by atoms with Crippen LogP contribution in [0.15, 0.2) is 0 Å². The van der Waals surface area contributed by atoms with Gasteiger partial charge in [0.1, 0.15) is 6.04 Å². The van der Waals surface area contributed by atoms with Gasteiger partial charge in [-0.3, -0.25) is 4.79 Å². The first-order valence-electron chi connectivity index (χ1n) is 5.31. The van der Waals surface area contributed by atoms with E-state index in [2.05, 4.69) is 5.32 Å². The molecule has 0 saturated heterocycles. The lowest BCUT2D eigenvalue weighted by Crippen LogP contribution is -2.36. The Morgan fingerprint density at radius 2 is 2.27 bits per heavy atom. The fourth-order valence-electron chi connectivity index (χ4n) is 0.967. The minimum atomic E-state index is -0.233. The van der Waals surface area contributed by atoms with E-state index in [4.69, 9.17) is 9.84 Å². The lowest BCUT2D eigenvalue weighted by atomic mass is 10.3. The van der Waals surface area contributed by atoms with Crippen LogP contribution in [0.25, 0.3) is 0 Å². The largest absolute Gasteiger partial charge is 0.465 e. The van der Waals surface area contributed by atoms with E-state index in [1.165, 1.54) is 0 Å². The van der Waals surface area contributed by atoms with Gasteiger partial charge in [-0.25, -0.2) is 0 Å². The second-order valence-corrected chi connectivity index (χ2v) is 4.34. The Balaban J connectivity index is 3.30. The number of aliphatic hydroxyl groups excluding tert-OH is 1. The smallest absolute Gasteiger partial charge is 0.322 e. The van der Waals surface area contributed by atoms with Crippen molar-refractivity contribution in [3.8, 4) is 0 Å². The van der Waals surface area contributed by atoms with Gasteiger partial charge in [0, 0.05) is 18.9 Å². The molecule has 5 heteroatoms. The van der Waals surface area contributed by atoms with Gasteiger partial charge in [0.05, 0.1) is 6.61 Å². The molecule has 1 atom stereocenters. The molecule has 0 aromatic carbocycles. The molecule has 0 saturated carbocycles. The number of hydrogen-bond donors (Lipinski definition) is 2. The number of thioether (sulfide) groups is 1. The molecule has 0 heterocycles. The molecule has 0 aliphatic rings. The summed E-state index contributed by atoms with van der Waals surface area (Å²) in [5.41, 5.74) is 0. The van der Waals surface area contributed by atoms with Gasteiger partial charge in [-0.1, -0.05) is 0 Å². The number of aliphatic hydroxyl groups is 1. The molecular weight excluding hydrogens is 214 g/mol. The summed E-state index contributed by atoms with van der Waals surface area (Å²) in [6.45, 7) is 5.07. The molecule has 0 radical (unpaired) electrons. The Hall–Kier alpha value is -0.260. The van der Waals surface area contributed by atoms with Crippen LogP contribution in [0, 0.1) is 0 Å². The molecule has 2 N–H and O–H groups in total. The van der Waals surface area contributed by atoms with Gasteiger partial charge >= 0.3 is 5.97 Å². The summed E-state index contributed by atoms with van der Waals surface area (Å²) in [4.78, 5) is 11.2. The predicted molar refractivity (Wildman–Crippen MR) is 63.1 cm³/mol. The molecule has 0 aromatic heterocycles. The second-order valence-electron chi connectivity index (χ2n) is 3.12. The van der Waals surface area contributed by atoms with Gasteiger partial charge in [0.2, 0.25) is 0 Å². The van der Waals surface area contributed by atoms with Crippen molar-refractivity contribution in [2.45, 2.75) is 26.3 Å². The van der Waals surface area contributed by atoms with Crippen LogP contribution in [-0.4, -0.2) is 48.4 Å². The molecule has 90 valence electrons. The minimum Gasteiger partial charge on any atom is -0.465 e. The highest BCUT2D eigenvalue weighted by molar-refractivity contribution is 7.99. The van der Waals surface area contributed by atoms with E-state index in [0.717, 1.165) is 24.5 Å². The fraction of sp³-hybridized carbons (Fsp3) is 0.900. The lowest BCUT2D eigenvalue weighted by molar-refractivity contribution is -0.145. The van der Waals surface area contributed by atoms with E-state index in [1.54, 1.807) is 25.6 Å². The third kappa shape index (κ3) is 8.72. The van der Waals surface area contributed by atoms with Crippen LogP contribution in [0.4, 0.5) is 0 Å². The average molecular weight is 235 g/mol. The number of carbonyl (C=O) groups excluding carboxylic acids is 1. The third-order valence-electron chi connectivity index (χ3n) is 1.78. The SMILES string of the molecule is CCOC(=O)C(C)NCCSCCCO. The molecule has 0 spiro atoms. The van der Waals surface area contributed by atoms with E-state index in [-0.39, 0.29) is 18.6 Å². The molecule has 0 amide bonds. The van der Waals surface area contributed by atoms with Crippen molar-refractivity contribution in [1.82, 2.24) is 5.32 Å². The molecule has 0 aliphatic carbocycles. The molecular formula is C10H21NO3S. The van der Waals surface area contributed by atoms with Gasteiger partial charge in [0.25, 0.3) is 0 Å². The summed E-state index contributed by atoms with van der Waals surface area (Å²) < 4.78 is 4.86. The van der Waals surface area contributed by atoms with Crippen molar-refractivity contribution in [3.63, 3.8) is 0 Å². The van der Waals surface area contributed by atoms with E-state index in [9.17, 15) is 4.79 Å². The Morgan fingerprint density at radius 3 is 2.87 bits per heavy atom. The Morgan fingerprint density at radius 1 is 1.53 bits per heavy atom. The molecule has 4 nitrogen and oxygen atoms in total. The number of carbonyl (C=O) groups is 1. The number of nitrogens with one attached hydrogen (secondary N) is 1. The topological polar surface area (TPSA) is 58.6 Å². The zero-order valence-electron chi connectivity index (χ0n) is 9.49. The Kier molecular flexibility index (Phi) is 10.1. The van der Waals surface area contributed by atoms with Gasteiger partial charge in [0.15, 0.2) is 0 Å². The highest BCUT2D eigenvalue weighted by atomic mass is 32.2. The molecule has 0 aromatic rings. The monoisotopic (exact) mass is 235 g/mol. The van der Waals surface area contributed by atoms with Crippen molar-refractivity contribution >= 4 is 17.7 Å². The highest BCUT2D eigenvalue weighted by Gasteiger charge is 2.11. The first-order valence-corrected chi connectivity index (χ1v) is 6.46. The van der Waals surface area contributed by atoms with Crippen molar-refractivity contribution in [1.29, 1.82) is 0 Å². The first kappa shape index (κ1) is 14.7. The summed E-state index contributed by atoms with van der Waals surface area (Å²) in [7, 11) is 0. The third-order valence-corrected chi connectivity index (χ3v) is 2.85. The number of ether oxygens (including phenoxy) is 1. The highest BCUT2D eigenvalue weighted by Crippen LogP contribution is 2.00. The first-order chi connectivity index (χ1) is 7.22. The fourth-order valence-corrected chi connectivity index (χ4v) is 1.77. The van der Waals surface area contributed by atoms with Crippen LogP contribution in [0.1, 0.15) is 20.3 Å². The summed E-state index contributed by atoms with van der Waals surface area (Å²) >= 11 is 1.77. The Labute approximate surface area is 95.8 Å². The van der Waals surface area contributed by atoms with E-state index < -0.39 is 0 Å². The van der Waals surface area contributed by atoms with Gasteiger partial charge in [-0.05, 0) is 26.0 Å². The standard InChI is InChI=1S/C10H21NO3S/c1-3-14-10(13)9(2)11-5-8-15-7-4-6-12/h9,11-12H,3-8H2,1-2H3. The molecule has 0 rings (SSSR count). The summed E-state index contributed by atoms with van der Waals surface area (Å²) in [6, 6.07) is -0.233. The van der Waals surface area contributed by atoms with Crippen molar-refractivity contribution in [3.05, 3.63) is 0 Å². The maximum atomic E-state index is 11.2. The Bertz CT molecular complexity index is 167. The number of hydrogen-bond acceptors (Lipinski definition) is 5. The second kappa shape index (κ2) is 10.3. The zero-order valence-corrected chi connectivity index (χ0v) is 10.3. The maximum Gasteiger partial charge on any atom is 0.322 e. The van der Waals surface area contributed by atoms with Crippen LogP contribution in [0.3, 0.4) is 0 Å². The number of esters is 1. The van der Waals surface area contributed by atoms with Gasteiger partial charge in [-0.15, -0.1) is 0 Å². The van der Waals surface area contributed by atoms with Crippen molar-refractivity contribution < 1.29 is 14.6 Å². The molecule has 1 unspecified atom stereocenters. The van der Waals surface area contributed by atoms with Crippen molar-refractivity contribution in [2.75, 3.05) is 31.3 Å². The van der Waals surface area contributed by atoms with Crippen LogP contribution < -0.4 is 5.32 Å². The molecule has 0 aliphatic heterocycles. The zero-order chi connectivity index (χ0) is 11.5. The summed E-state index contributed by atoms with van der Waals surface area (Å²) in [6.07, 6.45) is 0.831. The maximum absolute atomic E-state index is 11.2. The van der Waals surface area contributed by atoms with E-state index >= 15 is 0 Å². The van der Waals surface area contributed by atoms with E-state index in [1.807, 2.05) is 0 Å². The molecule has 15 heavy (non-hydrogen) atoms. The molecule has 0 fully saturated rings.